The number of nitrogens with two attached hydrogens (primary N) is 1. The largest absolute Gasteiger partial charge is 0.445 e. The van der Waals surface area contributed by atoms with Crippen LogP contribution in [0.2, 0.25) is 0 Å². The molecule has 24 heavy (non-hydrogen) atoms. The predicted octanol–water partition coefficient (Wildman–Crippen LogP) is 2.65. The lowest BCUT2D eigenvalue weighted by Gasteiger charge is -2.40. The van der Waals surface area contributed by atoms with E-state index >= 15 is 0 Å². The molecular weight excluding hydrogens is 302 g/mol. The molecule has 0 aliphatic heterocycles. The topological polar surface area (TPSA) is 67.6 Å². The summed E-state index contributed by atoms with van der Waals surface area (Å²) in [6, 6.07) is 11.0. The van der Waals surface area contributed by atoms with Crippen molar-refractivity contribution in [2.75, 3.05) is 13.1 Å². The van der Waals surface area contributed by atoms with Gasteiger partial charge in [-0.05, 0) is 31.2 Å². The molecule has 5 heteroatoms. The van der Waals surface area contributed by atoms with Gasteiger partial charge in [-0.1, -0.05) is 43.2 Å². The van der Waals surface area contributed by atoms with Crippen LogP contribution in [0.25, 0.3) is 0 Å². The molecule has 1 amide bonds. The van der Waals surface area contributed by atoms with E-state index in [1.807, 2.05) is 30.3 Å². The van der Waals surface area contributed by atoms with Crippen LogP contribution < -0.4 is 11.1 Å². The molecule has 0 radical (unpaired) electrons. The molecule has 2 atom stereocenters. The molecule has 2 aliphatic carbocycles. The van der Waals surface area contributed by atoms with Crippen molar-refractivity contribution < 1.29 is 9.53 Å². The first-order valence-corrected chi connectivity index (χ1v) is 9.21. The van der Waals surface area contributed by atoms with Crippen LogP contribution in [-0.4, -0.2) is 42.2 Å². The highest BCUT2D eigenvalue weighted by Crippen LogP contribution is 2.33. The van der Waals surface area contributed by atoms with Crippen LogP contribution in [0.4, 0.5) is 4.79 Å². The van der Waals surface area contributed by atoms with Gasteiger partial charge < -0.3 is 15.8 Å². The van der Waals surface area contributed by atoms with Crippen LogP contribution >= 0.6 is 0 Å². The summed E-state index contributed by atoms with van der Waals surface area (Å²) in [4.78, 5) is 14.7. The highest BCUT2D eigenvalue weighted by molar-refractivity contribution is 5.67. The first kappa shape index (κ1) is 17.2. The number of carbonyl (C=O) groups excluding carboxylic acids is 1. The Balaban J connectivity index is 1.53. The molecule has 1 aromatic rings. The normalized spacial score (nSPS) is 23.9. The molecule has 0 unspecified atom stereocenters. The standard InChI is InChI=1S/C19H29N3O2/c20-12-13-22(16-10-11-16)18-9-5-4-8-17(18)21-19(23)24-14-15-6-2-1-3-7-15/h1-3,6-7,16-18H,4-5,8-14,20H2,(H,21,23)/t17-,18+/m1/s1. The monoisotopic (exact) mass is 331 g/mol. The number of carbonyl (C=O) groups is 1. The summed E-state index contributed by atoms with van der Waals surface area (Å²) < 4.78 is 5.40. The van der Waals surface area contributed by atoms with Gasteiger partial charge in [0.05, 0.1) is 0 Å². The molecule has 0 saturated heterocycles. The maximum Gasteiger partial charge on any atom is 0.407 e. The molecule has 3 N–H and O–H groups in total. The van der Waals surface area contributed by atoms with Gasteiger partial charge in [0.25, 0.3) is 0 Å². The van der Waals surface area contributed by atoms with Crippen molar-refractivity contribution >= 4 is 6.09 Å². The Bertz CT molecular complexity index is 519. The number of rotatable bonds is 7. The van der Waals surface area contributed by atoms with Crippen LogP contribution in [0.15, 0.2) is 30.3 Å². The van der Waals surface area contributed by atoms with Crippen molar-refractivity contribution in [3.8, 4) is 0 Å². The lowest BCUT2D eigenvalue weighted by atomic mass is 9.89. The lowest BCUT2D eigenvalue weighted by molar-refractivity contribution is 0.0968. The lowest BCUT2D eigenvalue weighted by Crippen LogP contribution is -2.55. The Morgan fingerprint density at radius 1 is 1.17 bits per heavy atom. The van der Waals surface area contributed by atoms with Crippen molar-refractivity contribution in [2.45, 2.75) is 63.3 Å². The van der Waals surface area contributed by atoms with Crippen LogP contribution in [-0.2, 0) is 11.3 Å². The smallest absolute Gasteiger partial charge is 0.407 e. The summed E-state index contributed by atoms with van der Waals surface area (Å²) in [5.41, 5.74) is 6.82. The summed E-state index contributed by atoms with van der Waals surface area (Å²) in [5.74, 6) is 0. The van der Waals surface area contributed by atoms with E-state index in [2.05, 4.69) is 10.2 Å². The third-order valence-electron chi connectivity index (χ3n) is 5.07. The highest BCUT2D eigenvalue weighted by Gasteiger charge is 2.38. The summed E-state index contributed by atoms with van der Waals surface area (Å²) in [5, 5.41) is 3.12. The minimum absolute atomic E-state index is 0.175. The molecule has 2 aliphatic rings. The average Bonchev–Trinajstić information content (AvgIpc) is 3.44. The van der Waals surface area contributed by atoms with E-state index in [4.69, 9.17) is 10.5 Å². The number of amides is 1. The molecule has 1 aromatic carbocycles. The first-order valence-electron chi connectivity index (χ1n) is 9.21. The van der Waals surface area contributed by atoms with Gasteiger partial charge in [-0.25, -0.2) is 4.79 Å². The zero-order valence-corrected chi connectivity index (χ0v) is 14.3. The van der Waals surface area contributed by atoms with Crippen molar-refractivity contribution in [3.63, 3.8) is 0 Å². The van der Waals surface area contributed by atoms with Gasteiger partial charge in [-0.15, -0.1) is 0 Å². The zero-order chi connectivity index (χ0) is 16.8. The quantitative estimate of drug-likeness (QED) is 0.806. The van der Waals surface area contributed by atoms with E-state index < -0.39 is 0 Å². The molecule has 3 rings (SSSR count). The van der Waals surface area contributed by atoms with Gasteiger partial charge >= 0.3 is 6.09 Å². The second-order valence-corrected chi connectivity index (χ2v) is 6.92. The Hall–Kier alpha value is -1.59. The van der Waals surface area contributed by atoms with E-state index in [1.165, 1.54) is 25.7 Å². The molecule has 2 saturated carbocycles. The third-order valence-corrected chi connectivity index (χ3v) is 5.07. The zero-order valence-electron chi connectivity index (χ0n) is 14.3. The number of hydrogen-bond donors (Lipinski definition) is 2. The van der Waals surface area contributed by atoms with Gasteiger partial charge in [0.15, 0.2) is 0 Å². The predicted molar refractivity (Wildman–Crippen MR) is 94.6 cm³/mol. The summed E-state index contributed by atoms with van der Waals surface area (Å²) >= 11 is 0. The number of nitrogens with zero attached hydrogens (tertiary/aromatic N) is 1. The molecule has 5 nitrogen and oxygen atoms in total. The van der Waals surface area contributed by atoms with E-state index in [1.54, 1.807) is 0 Å². The van der Waals surface area contributed by atoms with Crippen LogP contribution in [0.1, 0.15) is 44.1 Å². The van der Waals surface area contributed by atoms with E-state index in [9.17, 15) is 4.79 Å². The Labute approximate surface area is 144 Å². The van der Waals surface area contributed by atoms with Crippen molar-refractivity contribution in [3.05, 3.63) is 35.9 Å². The first-order chi connectivity index (χ1) is 11.8. The van der Waals surface area contributed by atoms with E-state index in [-0.39, 0.29) is 12.1 Å². The minimum atomic E-state index is -0.306. The van der Waals surface area contributed by atoms with Crippen molar-refractivity contribution in [2.24, 2.45) is 5.73 Å². The molecule has 0 bridgehead atoms. The van der Waals surface area contributed by atoms with E-state index in [0.29, 0.717) is 25.2 Å². The van der Waals surface area contributed by atoms with Gasteiger partial charge in [-0.3, -0.25) is 4.90 Å². The number of hydrogen-bond acceptors (Lipinski definition) is 4. The van der Waals surface area contributed by atoms with Crippen molar-refractivity contribution in [1.82, 2.24) is 10.2 Å². The molecule has 0 aromatic heterocycles. The Morgan fingerprint density at radius 3 is 2.62 bits per heavy atom. The highest BCUT2D eigenvalue weighted by atomic mass is 16.5. The molecule has 0 heterocycles. The van der Waals surface area contributed by atoms with Gasteiger partial charge in [0.2, 0.25) is 0 Å². The van der Waals surface area contributed by atoms with Crippen LogP contribution in [0.5, 0.6) is 0 Å². The molecule has 2 fully saturated rings. The van der Waals surface area contributed by atoms with Gasteiger partial charge in [-0.2, -0.15) is 0 Å². The fourth-order valence-electron chi connectivity index (χ4n) is 3.77. The Morgan fingerprint density at radius 2 is 1.92 bits per heavy atom. The minimum Gasteiger partial charge on any atom is -0.445 e. The van der Waals surface area contributed by atoms with Crippen LogP contribution in [0.3, 0.4) is 0 Å². The molecule has 0 spiro atoms. The number of alkyl carbamates (subject to hydrolysis) is 1. The fourth-order valence-corrected chi connectivity index (χ4v) is 3.77. The van der Waals surface area contributed by atoms with Gasteiger partial charge in [0.1, 0.15) is 6.61 Å². The third kappa shape index (κ3) is 4.71. The van der Waals surface area contributed by atoms with Gasteiger partial charge in [0, 0.05) is 31.2 Å². The summed E-state index contributed by atoms with van der Waals surface area (Å²) in [7, 11) is 0. The summed E-state index contributed by atoms with van der Waals surface area (Å²) in [6.07, 6.45) is 6.79. The Kier molecular flexibility index (Phi) is 6.10. The van der Waals surface area contributed by atoms with Crippen LogP contribution in [0, 0.1) is 0 Å². The number of ether oxygens (including phenoxy) is 1. The van der Waals surface area contributed by atoms with Crippen molar-refractivity contribution in [1.29, 1.82) is 0 Å². The fraction of sp³-hybridized carbons (Fsp3) is 0.632. The SMILES string of the molecule is NCCN(C1CC1)[C@H]1CCCC[C@H]1NC(=O)OCc1ccccc1. The average molecular weight is 331 g/mol. The van der Waals surface area contributed by atoms with E-state index in [0.717, 1.165) is 24.9 Å². The number of benzene rings is 1. The maximum atomic E-state index is 12.2. The summed E-state index contributed by atoms with van der Waals surface area (Å²) in [6.45, 7) is 1.92. The molecular formula is C19H29N3O2. The second-order valence-electron chi connectivity index (χ2n) is 6.92. The number of nitrogens with one attached hydrogen (secondary N) is 1. The maximum absolute atomic E-state index is 12.2. The second kappa shape index (κ2) is 8.49. The molecule has 132 valence electrons.